The van der Waals surface area contributed by atoms with Gasteiger partial charge in [-0.3, -0.25) is 14.4 Å². The van der Waals surface area contributed by atoms with Crippen molar-refractivity contribution in [2.45, 2.75) is 32.4 Å². The van der Waals surface area contributed by atoms with E-state index in [2.05, 4.69) is 38.1 Å². The zero-order chi connectivity index (χ0) is 28.9. The maximum atomic E-state index is 13.0. The molecule has 2 amide bonds. The maximum absolute atomic E-state index is 13.0. The lowest BCUT2D eigenvalue weighted by atomic mass is 10.0. The van der Waals surface area contributed by atoms with Gasteiger partial charge in [0.1, 0.15) is 5.02 Å². The van der Waals surface area contributed by atoms with Crippen molar-refractivity contribution in [3.63, 3.8) is 0 Å². The van der Waals surface area contributed by atoms with Gasteiger partial charge in [0, 0.05) is 37.1 Å². The summed E-state index contributed by atoms with van der Waals surface area (Å²) in [6.07, 6.45) is -1.94. The van der Waals surface area contributed by atoms with Crippen LogP contribution in [0.2, 0.25) is 5.02 Å². The van der Waals surface area contributed by atoms with E-state index in [1.165, 1.54) is 0 Å². The predicted octanol–water partition coefficient (Wildman–Crippen LogP) is 5.27. The van der Waals surface area contributed by atoms with Gasteiger partial charge in [0.25, 0.3) is 0 Å². The number of amides is 2. The number of carbonyl (C=O) groups is 3. The summed E-state index contributed by atoms with van der Waals surface area (Å²) >= 11 is 6.34. The average Bonchev–Trinajstić information content (AvgIpc) is 3.42. The third kappa shape index (κ3) is 7.69. The van der Waals surface area contributed by atoms with Crippen molar-refractivity contribution in [1.82, 2.24) is 14.9 Å². The molecule has 0 spiro atoms. The van der Waals surface area contributed by atoms with Crippen molar-refractivity contribution in [3.8, 4) is 0 Å². The Bertz CT molecular complexity index is 1420. The largest absolute Gasteiger partial charge is 0.446 e. The van der Waals surface area contributed by atoms with Gasteiger partial charge in [0.15, 0.2) is 5.82 Å². The van der Waals surface area contributed by atoms with E-state index in [-0.39, 0.29) is 17.7 Å². The summed E-state index contributed by atoms with van der Waals surface area (Å²) in [7, 11) is 0. The Morgan fingerprint density at radius 2 is 1.88 bits per heavy atom. The van der Waals surface area contributed by atoms with Crippen molar-refractivity contribution in [3.05, 3.63) is 64.8 Å². The van der Waals surface area contributed by atoms with Gasteiger partial charge in [-0.2, -0.15) is 18.2 Å². The van der Waals surface area contributed by atoms with Gasteiger partial charge >= 0.3 is 6.18 Å². The van der Waals surface area contributed by atoms with Gasteiger partial charge < -0.3 is 20.9 Å². The number of aryl methyl sites for hydroxylation is 2. The molecule has 3 aromatic rings. The number of alkyl halides is 3. The fourth-order valence-electron chi connectivity index (χ4n) is 4.36. The number of aromatic nitrogens is 2. The van der Waals surface area contributed by atoms with Crippen LogP contribution in [0.1, 0.15) is 24.5 Å². The molecule has 6 bridgehead atoms. The van der Waals surface area contributed by atoms with Crippen LogP contribution in [-0.4, -0.2) is 52.2 Å². The molecule has 2 aliphatic rings. The summed E-state index contributed by atoms with van der Waals surface area (Å²) in [5.41, 5.74) is 4.64. The Labute approximate surface area is 233 Å². The van der Waals surface area contributed by atoms with Crippen LogP contribution in [-0.2, 0) is 27.2 Å². The summed E-state index contributed by atoms with van der Waals surface area (Å²) in [4.78, 5) is 43.8. The minimum atomic E-state index is -4.64. The summed E-state index contributed by atoms with van der Waals surface area (Å²) in [5, 5.41) is 10.0. The van der Waals surface area contributed by atoms with Crippen LogP contribution in [0.15, 0.2) is 48.7 Å². The number of halogens is 4. The first-order chi connectivity index (χ1) is 19.0. The predicted molar refractivity (Wildman–Crippen MR) is 145 cm³/mol. The molecule has 2 aliphatic heterocycles. The fraction of sp³-hybridized carbons (Fsp3) is 0.296. The average molecular weight is 575 g/mol. The monoisotopic (exact) mass is 574 g/mol. The molecule has 40 heavy (non-hydrogen) atoms. The number of nitrogens with one attached hydrogen (secondary N) is 3. The van der Waals surface area contributed by atoms with Crippen molar-refractivity contribution in [2.75, 3.05) is 29.0 Å². The quantitative estimate of drug-likeness (QED) is 0.357. The molecule has 0 aliphatic carbocycles. The molecule has 0 radical (unpaired) electrons. The van der Waals surface area contributed by atoms with E-state index in [1.54, 1.807) is 18.0 Å². The van der Waals surface area contributed by atoms with E-state index >= 15 is 0 Å². The molecule has 2 aromatic carbocycles. The first kappa shape index (κ1) is 28.8. The highest BCUT2D eigenvalue weighted by Gasteiger charge is 2.30. The third-order valence-corrected chi connectivity index (χ3v) is 6.65. The zero-order valence-corrected chi connectivity index (χ0v) is 22.1. The van der Waals surface area contributed by atoms with E-state index in [4.69, 9.17) is 16.4 Å². The van der Waals surface area contributed by atoms with Crippen LogP contribution in [0.5, 0.6) is 0 Å². The molecule has 3 N–H and O–H groups in total. The molecule has 0 saturated carbocycles. The number of benzene rings is 2. The number of anilines is 5. The number of hydrogen-bond donors (Lipinski definition) is 3. The molecule has 1 atom stereocenters. The van der Waals surface area contributed by atoms with Crippen LogP contribution in [0.25, 0.3) is 0 Å². The van der Waals surface area contributed by atoms with Crippen molar-refractivity contribution >= 4 is 58.5 Å². The SMILES string of the molecule is CC(=O)N1CC[C@@H](C(=O)Nc2ccc3cc2CCc2cccc(c2)Nc2ncc(Cl)c(n2)N3)C1.O=CC(F)(F)F. The molecule has 1 fully saturated rings. The van der Waals surface area contributed by atoms with E-state index in [9.17, 15) is 22.8 Å². The lowest BCUT2D eigenvalue weighted by Crippen LogP contribution is -2.30. The smallest absolute Gasteiger partial charge is 0.342 e. The molecule has 0 unspecified atom stereocenters. The van der Waals surface area contributed by atoms with E-state index in [0.717, 1.165) is 41.0 Å². The summed E-state index contributed by atoms with van der Waals surface area (Å²) in [5.74, 6) is 0.686. The molecule has 3 heterocycles. The number of fused-ring (bicyclic) bond motifs is 6. The Morgan fingerprint density at radius 1 is 1.12 bits per heavy atom. The minimum Gasteiger partial charge on any atom is -0.342 e. The number of aldehydes is 1. The molecule has 1 saturated heterocycles. The van der Waals surface area contributed by atoms with Crippen molar-refractivity contribution in [2.24, 2.45) is 5.92 Å². The second-order valence-corrected chi connectivity index (χ2v) is 9.72. The second-order valence-electron chi connectivity index (χ2n) is 9.31. The topological polar surface area (TPSA) is 116 Å². The highest BCUT2D eigenvalue weighted by molar-refractivity contribution is 6.32. The highest BCUT2D eigenvalue weighted by Crippen LogP contribution is 2.30. The van der Waals surface area contributed by atoms with Crippen molar-refractivity contribution in [1.29, 1.82) is 0 Å². The Hall–Kier alpha value is -4.19. The van der Waals surface area contributed by atoms with E-state index < -0.39 is 12.5 Å². The third-order valence-electron chi connectivity index (χ3n) is 6.37. The van der Waals surface area contributed by atoms with E-state index in [0.29, 0.717) is 36.3 Å². The Kier molecular flexibility index (Phi) is 8.88. The molecular weight excluding hydrogens is 549 g/mol. The number of likely N-dealkylation sites (tertiary alicyclic amines) is 1. The van der Waals surface area contributed by atoms with Gasteiger partial charge in [0.2, 0.25) is 24.0 Å². The first-order valence-corrected chi connectivity index (χ1v) is 12.8. The summed E-state index contributed by atoms with van der Waals surface area (Å²) in [6.45, 7) is 2.62. The normalized spacial score (nSPS) is 16.0. The molecule has 210 valence electrons. The summed E-state index contributed by atoms with van der Waals surface area (Å²) < 4.78 is 31.2. The lowest BCUT2D eigenvalue weighted by molar-refractivity contribution is -0.156. The standard InChI is InChI=1S/C25H25ClN6O2.C2HF3O/c1-15(33)32-10-9-18(14-32)24(34)30-22-8-7-20-12-17(22)6-5-16-3-2-4-19(11-16)29-25-27-13-21(26)23(28-20)31-25;3-2(4,5)1-6/h2-4,7-8,11-13,18H,5-6,9-10,14H2,1H3,(H,30,34)(H2,27,28,29,31);1H/t18-;/m1./s1. The van der Waals surface area contributed by atoms with Crippen LogP contribution in [0.4, 0.5) is 42.0 Å². The highest BCUT2D eigenvalue weighted by atomic mass is 35.5. The molecule has 5 rings (SSSR count). The van der Waals surface area contributed by atoms with Crippen LogP contribution in [0, 0.1) is 5.92 Å². The van der Waals surface area contributed by atoms with Crippen LogP contribution < -0.4 is 16.0 Å². The molecule has 13 heteroatoms. The van der Waals surface area contributed by atoms with Gasteiger partial charge in [0.05, 0.1) is 12.1 Å². The van der Waals surface area contributed by atoms with Gasteiger partial charge in [-0.05, 0) is 60.7 Å². The van der Waals surface area contributed by atoms with Crippen LogP contribution >= 0.6 is 11.6 Å². The number of nitrogens with zero attached hydrogens (tertiary/aromatic N) is 3. The lowest BCUT2D eigenvalue weighted by Gasteiger charge is -2.17. The van der Waals surface area contributed by atoms with Crippen LogP contribution in [0.3, 0.4) is 0 Å². The molecule has 1 aromatic heterocycles. The molecule has 9 nitrogen and oxygen atoms in total. The van der Waals surface area contributed by atoms with Crippen molar-refractivity contribution < 1.29 is 27.6 Å². The number of rotatable bonds is 2. The van der Waals surface area contributed by atoms with Gasteiger partial charge in [-0.25, -0.2) is 4.98 Å². The zero-order valence-electron chi connectivity index (χ0n) is 21.4. The maximum Gasteiger partial charge on any atom is 0.446 e. The van der Waals surface area contributed by atoms with E-state index in [1.807, 2.05) is 30.3 Å². The number of carbonyl (C=O) groups excluding carboxylic acids is 3. The number of hydrogen-bond acceptors (Lipinski definition) is 7. The minimum absolute atomic E-state index is 0.00651. The first-order valence-electron chi connectivity index (χ1n) is 12.4. The van der Waals surface area contributed by atoms with Gasteiger partial charge in [-0.15, -0.1) is 0 Å². The Balaban J connectivity index is 0.000000557. The molecular formula is C27H26ClF3N6O3. The van der Waals surface area contributed by atoms with Gasteiger partial charge in [-0.1, -0.05) is 23.7 Å². The summed E-state index contributed by atoms with van der Waals surface area (Å²) in [6, 6.07) is 13.9. The Morgan fingerprint density at radius 3 is 2.58 bits per heavy atom. The second kappa shape index (κ2) is 12.3. The fourth-order valence-corrected chi connectivity index (χ4v) is 4.50.